The molecule has 102 valence electrons. The second-order valence-corrected chi connectivity index (χ2v) is 5.54. The Hall–Kier alpha value is -0.160. The van der Waals surface area contributed by atoms with Gasteiger partial charge in [0, 0.05) is 25.7 Å². The summed E-state index contributed by atoms with van der Waals surface area (Å²) in [7, 11) is 4.33. The van der Waals surface area contributed by atoms with Crippen molar-refractivity contribution >= 4 is 0 Å². The smallest absolute Gasteiger partial charge is 0.0659 e. The van der Waals surface area contributed by atoms with Crippen molar-refractivity contribution in [3.05, 3.63) is 0 Å². The third-order valence-electron chi connectivity index (χ3n) is 3.95. The van der Waals surface area contributed by atoms with E-state index in [1.165, 1.54) is 12.8 Å². The first-order valence-corrected chi connectivity index (χ1v) is 6.72. The van der Waals surface area contributed by atoms with E-state index in [1.807, 2.05) is 6.92 Å². The van der Waals surface area contributed by atoms with Crippen molar-refractivity contribution in [1.82, 2.24) is 9.80 Å². The lowest BCUT2D eigenvalue weighted by atomic mass is 9.95. The second-order valence-electron chi connectivity index (χ2n) is 5.54. The average molecular weight is 243 g/mol. The van der Waals surface area contributed by atoms with E-state index in [-0.39, 0.29) is 5.54 Å². The second kappa shape index (κ2) is 6.69. The first kappa shape index (κ1) is 14.9. The summed E-state index contributed by atoms with van der Waals surface area (Å²) in [6.07, 6.45) is 2.54. The Labute approximate surface area is 106 Å². The number of hydrogen-bond acceptors (Lipinski definition) is 4. The fourth-order valence-corrected chi connectivity index (χ4v) is 2.47. The first-order valence-electron chi connectivity index (χ1n) is 6.72. The molecule has 0 saturated carbocycles. The molecule has 0 aliphatic carbocycles. The van der Waals surface area contributed by atoms with Crippen LogP contribution in [0.1, 0.15) is 26.7 Å². The SMILES string of the molecule is CCOCC(C)(CN)N1CCCC(N(C)C)C1. The van der Waals surface area contributed by atoms with Crippen LogP contribution in [-0.2, 0) is 4.74 Å². The van der Waals surface area contributed by atoms with Crippen molar-refractivity contribution in [2.45, 2.75) is 38.3 Å². The summed E-state index contributed by atoms with van der Waals surface area (Å²) in [5, 5.41) is 0. The van der Waals surface area contributed by atoms with Crippen LogP contribution in [0.2, 0.25) is 0 Å². The van der Waals surface area contributed by atoms with Crippen LogP contribution in [0.15, 0.2) is 0 Å². The average Bonchev–Trinajstić information content (AvgIpc) is 2.36. The van der Waals surface area contributed by atoms with Crippen LogP contribution in [-0.4, -0.2) is 68.3 Å². The van der Waals surface area contributed by atoms with Gasteiger partial charge in [0.25, 0.3) is 0 Å². The summed E-state index contributed by atoms with van der Waals surface area (Å²) in [5.74, 6) is 0. The molecule has 0 aromatic heterocycles. The molecule has 1 rings (SSSR count). The van der Waals surface area contributed by atoms with Crippen molar-refractivity contribution < 1.29 is 4.74 Å². The summed E-state index contributed by atoms with van der Waals surface area (Å²) >= 11 is 0. The number of nitrogens with zero attached hydrogens (tertiary/aromatic N) is 2. The van der Waals surface area contributed by atoms with E-state index in [0.29, 0.717) is 12.6 Å². The van der Waals surface area contributed by atoms with Gasteiger partial charge in [0.05, 0.1) is 12.1 Å². The molecule has 0 radical (unpaired) electrons. The van der Waals surface area contributed by atoms with Crippen molar-refractivity contribution in [3.8, 4) is 0 Å². The van der Waals surface area contributed by atoms with Gasteiger partial charge in [-0.15, -0.1) is 0 Å². The zero-order valence-electron chi connectivity index (χ0n) is 11.9. The molecule has 0 aromatic carbocycles. The van der Waals surface area contributed by atoms with Gasteiger partial charge in [0.15, 0.2) is 0 Å². The predicted octanol–water partition coefficient (Wildman–Crippen LogP) is 0.766. The fourth-order valence-electron chi connectivity index (χ4n) is 2.47. The number of likely N-dealkylation sites (tertiary alicyclic amines) is 1. The Morgan fingerprint density at radius 1 is 1.47 bits per heavy atom. The van der Waals surface area contributed by atoms with Crippen LogP contribution in [0.25, 0.3) is 0 Å². The molecule has 1 aliphatic heterocycles. The Balaban J connectivity index is 2.61. The highest BCUT2D eigenvalue weighted by atomic mass is 16.5. The summed E-state index contributed by atoms with van der Waals surface area (Å²) in [6.45, 7) is 8.67. The third kappa shape index (κ3) is 3.91. The summed E-state index contributed by atoms with van der Waals surface area (Å²) in [5.41, 5.74) is 5.96. The van der Waals surface area contributed by atoms with Gasteiger partial charge in [0.1, 0.15) is 0 Å². The maximum Gasteiger partial charge on any atom is 0.0659 e. The van der Waals surface area contributed by atoms with Gasteiger partial charge in [-0.2, -0.15) is 0 Å². The van der Waals surface area contributed by atoms with Crippen molar-refractivity contribution in [2.75, 3.05) is 46.9 Å². The zero-order valence-corrected chi connectivity index (χ0v) is 11.9. The van der Waals surface area contributed by atoms with Gasteiger partial charge in [-0.05, 0) is 47.3 Å². The van der Waals surface area contributed by atoms with E-state index < -0.39 is 0 Å². The number of likely N-dealkylation sites (N-methyl/N-ethyl adjacent to an activating group) is 1. The van der Waals surface area contributed by atoms with Crippen molar-refractivity contribution in [1.29, 1.82) is 0 Å². The Morgan fingerprint density at radius 2 is 2.18 bits per heavy atom. The molecule has 1 aliphatic rings. The highest BCUT2D eigenvalue weighted by molar-refractivity contribution is 4.92. The molecule has 4 heteroatoms. The third-order valence-corrected chi connectivity index (χ3v) is 3.95. The molecule has 1 saturated heterocycles. The molecular formula is C13H29N3O. The van der Waals surface area contributed by atoms with E-state index in [0.717, 1.165) is 26.3 Å². The highest BCUT2D eigenvalue weighted by Crippen LogP contribution is 2.22. The maximum absolute atomic E-state index is 5.96. The lowest BCUT2D eigenvalue weighted by Crippen LogP contribution is -2.60. The number of hydrogen-bond donors (Lipinski definition) is 1. The standard InChI is InChI=1S/C13H29N3O/c1-5-17-11-13(2,10-14)16-8-6-7-12(9-16)15(3)4/h12H,5-11,14H2,1-4H3. The lowest BCUT2D eigenvalue weighted by molar-refractivity contribution is -0.0156. The Morgan fingerprint density at radius 3 is 2.71 bits per heavy atom. The fraction of sp³-hybridized carbons (Fsp3) is 1.00. The summed E-state index contributed by atoms with van der Waals surface area (Å²) in [4.78, 5) is 4.83. The van der Waals surface area contributed by atoms with E-state index >= 15 is 0 Å². The quantitative estimate of drug-likeness (QED) is 0.748. The minimum absolute atomic E-state index is 0.00924. The van der Waals surface area contributed by atoms with Crippen LogP contribution < -0.4 is 5.73 Å². The van der Waals surface area contributed by atoms with Gasteiger partial charge in [-0.3, -0.25) is 4.90 Å². The monoisotopic (exact) mass is 243 g/mol. The van der Waals surface area contributed by atoms with E-state index in [1.54, 1.807) is 0 Å². The molecule has 4 nitrogen and oxygen atoms in total. The molecule has 0 amide bonds. The van der Waals surface area contributed by atoms with Crippen molar-refractivity contribution in [2.24, 2.45) is 5.73 Å². The number of rotatable bonds is 6. The van der Waals surface area contributed by atoms with E-state index in [4.69, 9.17) is 10.5 Å². The minimum atomic E-state index is -0.00924. The van der Waals surface area contributed by atoms with E-state index in [2.05, 4.69) is 30.8 Å². The Kier molecular flexibility index (Phi) is 5.86. The molecule has 1 heterocycles. The Bertz CT molecular complexity index is 223. The van der Waals surface area contributed by atoms with Gasteiger partial charge in [-0.1, -0.05) is 0 Å². The highest BCUT2D eigenvalue weighted by Gasteiger charge is 2.34. The van der Waals surface area contributed by atoms with E-state index in [9.17, 15) is 0 Å². The molecule has 17 heavy (non-hydrogen) atoms. The largest absolute Gasteiger partial charge is 0.380 e. The molecule has 0 aromatic rings. The molecule has 2 atom stereocenters. The van der Waals surface area contributed by atoms with Crippen LogP contribution >= 0.6 is 0 Å². The molecule has 2 unspecified atom stereocenters. The van der Waals surface area contributed by atoms with Gasteiger partial charge in [-0.25, -0.2) is 0 Å². The predicted molar refractivity (Wildman–Crippen MR) is 72.2 cm³/mol. The van der Waals surface area contributed by atoms with Crippen LogP contribution in [0.4, 0.5) is 0 Å². The maximum atomic E-state index is 5.96. The van der Waals surface area contributed by atoms with Gasteiger partial charge < -0.3 is 15.4 Å². The lowest BCUT2D eigenvalue weighted by Gasteiger charge is -2.46. The molecular weight excluding hydrogens is 214 g/mol. The van der Waals surface area contributed by atoms with Crippen LogP contribution in [0, 0.1) is 0 Å². The summed E-state index contributed by atoms with van der Waals surface area (Å²) in [6, 6.07) is 0.649. The normalized spacial score (nSPS) is 26.1. The topological polar surface area (TPSA) is 41.7 Å². The van der Waals surface area contributed by atoms with Crippen molar-refractivity contribution in [3.63, 3.8) is 0 Å². The molecule has 2 N–H and O–H groups in total. The van der Waals surface area contributed by atoms with Crippen LogP contribution in [0.3, 0.4) is 0 Å². The number of piperidine rings is 1. The molecule has 0 spiro atoms. The minimum Gasteiger partial charge on any atom is -0.380 e. The number of nitrogens with two attached hydrogens (primary N) is 1. The first-order chi connectivity index (χ1) is 8.03. The molecule has 0 bridgehead atoms. The molecule has 1 fully saturated rings. The zero-order chi connectivity index (χ0) is 12.9. The number of ether oxygens (including phenoxy) is 1. The van der Waals surface area contributed by atoms with Gasteiger partial charge in [0.2, 0.25) is 0 Å². The van der Waals surface area contributed by atoms with Gasteiger partial charge >= 0.3 is 0 Å². The van der Waals surface area contributed by atoms with Crippen LogP contribution in [0.5, 0.6) is 0 Å². The summed E-state index contributed by atoms with van der Waals surface area (Å²) < 4.78 is 5.60.